The highest BCUT2D eigenvalue weighted by atomic mass is 32.2. The van der Waals surface area contributed by atoms with Crippen LogP contribution in [0.15, 0.2) is 24.3 Å². The molecule has 5 atom stereocenters. The topological polar surface area (TPSA) is 102 Å². The van der Waals surface area contributed by atoms with E-state index in [1.807, 2.05) is 19.1 Å². The van der Waals surface area contributed by atoms with Gasteiger partial charge in [0.05, 0.1) is 30.1 Å². The second kappa shape index (κ2) is 7.84. The van der Waals surface area contributed by atoms with Crippen molar-refractivity contribution in [2.75, 3.05) is 0 Å². The first-order valence-electron chi connectivity index (χ1n) is 9.57. The molecule has 1 aromatic carbocycles. The van der Waals surface area contributed by atoms with Gasteiger partial charge in [0.1, 0.15) is 5.78 Å². The van der Waals surface area contributed by atoms with Gasteiger partial charge in [-0.2, -0.15) is 0 Å². The minimum atomic E-state index is -3.73. The maximum Gasteiger partial charge on any atom is 0.216 e. The molecule has 3 rings (SSSR count). The van der Waals surface area contributed by atoms with Crippen LogP contribution in [0.1, 0.15) is 44.7 Å². The van der Waals surface area contributed by atoms with Gasteiger partial charge in [-0.25, -0.2) is 13.1 Å². The van der Waals surface area contributed by atoms with Crippen LogP contribution in [0.4, 0.5) is 0 Å². The Morgan fingerprint density at radius 2 is 1.86 bits per heavy atom. The fraction of sp³-hybridized carbons (Fsp3) is 0.650. The summed E-state index contributed by atoms with van der Waals surface area (Å²) in [5.41, 5.74) is 1.70. The van der Waals surface area contributed by atoms with Gasteiger partial charge in [-0.3, -0.25) is 4.79 Å². The Morgan fingerprint density at radius 3 is 2.46 bits per heavy atom. The maximum atomic E-state index is 12.8. The second-order valence-corrected chi connectivity index (χ2v) is 10.1. The van der Waals surface area contributed by atoms with Crippen molar-refractivity contribution in [1.29, 1.82) is 0 Å². The largest absolute Gasteiger partial charge is 0.392 e. The van der Waals surface area contributed by atoms with Gasteiger partial charge in [-0.1, -0.05) is 29.8 Å². The Bertz CT molecular complexity index is 818. The van der Waals surface area contributed by atoms with Crippen molar-refractivity contribution < 1.29 is 27.8 Å². The number of benzene rings is 1. The number of aliphatic hydroxyl groups is 1. The third kappa shape index (κ3) is 4.99. The number of fused-ring (bicyclic) bond motifs is 1. The standard InChI is InChI=1S/C20H29NO6S/c1-12-5-7-14(8-6-12)11-28(24,25)21-18(13(2)22)16-9-15(23)10-17-19(16)27-20(3,4)26-17/h5-8,13,16-19,21-22H,9-11H2,1-4H3/t13-,16?,17+,18-,19+/m0/s1. The van der Waals surface area contributed by atoms with Crippen molar-refractivity contribution in [3.63, 3.8) is 0 Å². The Balaban J connectivity index is 1.80. The molecule has 0 aromatic heterocycles. The van der Waals surface area contributed by atoms with Gasteiger partial charge in [0.25, 0.3) is 0 Å². The van der Waals surface area contributed by atoms with Gasteiger partial charge in [0, 0.05) is 18.8 Å². The molecule has 1 aromatic rings. The summed E-state index contributed by atoms with van der Waals surface area (Å²) in [6, 6.07) is 6.40. The lowest BCUT2D eigenvalue weighted by atomic mass is 9.78. The van der Waals surface area contributed by atoms with Crippen molar-refractivity contribution in [3.05, 3.63) is 35.4 Å². The molecule has 2 aliphatic rings. The fourth-order valence-electron chi connectivity index (χ4n) is 4.10. The number of Topliss-reactive ketones (excluding diaryl/α,β-unsaturated/α-hetero) is 1. The van der Waals surface area contributed by atoms with E-state index in [2.05, 4.69) is 4.72 Å². The number of ether oxygens (including phenoxy) is 2. The average molecular weight is 412 g/mol. The van der Waals surface area contributed by atoms with E-state index in [1.165, 1.54) is 6.92 Å². The molecule has 0 bridgehead atoms. The Hall–Kier alpha value is -1.32. The van der Waals surface area contributed by atoms with E-state index in [1.54, 1.807) is 26.0 Å². The molecule has 1 aliphatic heterocycles. The highest BCUT2D eigenvalue weighted by Crippen LogP contribution is 2.40. The molecule has 28 heavy (non-hydrogen) atoms. The van der Waals surface area contributed by atoms with Crippen LogP contribution < -0.4 is 4.72 Å². The first-order chi connectivity index (χ1) is 13.0. The van der Waals surface area contributed by atoms with E-state index in [0.29, 0.717) is 5.56 Å². The van der Waals surface area contributed by atoms with Gasteiger partial charge in [0.15, 0.2) is 5.79 Å². The molecule has 2 fully saturated rings. The molecule has 1 heterocycles. The number of rotatable bonds is 6. The molecule has 1 aliphatic carbocycles. The number of carbonyl (C=O) groups excluding carboxylic acids is 1. The summed E-state index contributed by atoms with van der Waals surface area (Å²) in [5.74, 6) is -1.56. The predicted octanol–water partition coefficient (Wildman–Crippen LogP) is 1.66. The summed E-state index contributed by atoms with van der Waals surface area (Å²) < 4.78 is 39.9. The Kier molecular flexibility index (Phi) is 5.99. The quantitative estimate of drug-likeness (QED) is 0.738. The zero-order chi connectivity index (χ0) is 20.7. The van der Waals surface area contributed by atoms with Crippen LogP contribution in [0.2, 0.25) is 0 Å². The summed E-state index contributed by atoms with van der Waals surface area (Å²) in [6.45, 7) is 6.99. The van der Waals surface area contributed by atoms with Crippen LogP contribution in [0, 0.1) is 12.8 Å². The van der Waals surface area contributed by atoms with Crippen molar-refractivity contribution in [2.24, 2.45) is 5.92 Å². The number of carbonyl (C=O) groups is 1. The van der Waals surface area contributed by atoms with E-state index >= 15 is 0 Å². The molecule has 1 saturated heterocycles. The zero-order valence-electron chi connectivity index (χ0n) is 16.7. The second-order valence-electron chi connectivity index (χ2n) is 8.38. The van der Waals surface area contributed by atoms with Crippen molar-refractivity contribution in [3.8, 4) is 0 Å². The monoisotopic (exact) mass is 411 g/mol. The Morgan fingerprint density at radius 1 is 1.21 bits per heavy atom. The number of hydrogen-bond donors (Lipinski definition) is 2. The molecule has 7 nitrogen and oxygen atoms in total. The SMILES string of the molecule is Cc1ccc(CS(=O)(=O)N[C@H](C2CC(=O)C[C@H]3OC(C)(C)O[C@H]23)[C@H](C)O)cc1. The lowest BCUT2D eigenvalue weighted by molar-refractivity contribution is -0.150. The number of aryl methyl sites for hydroxylation is 1. The average Bonchev–Trinajstić information content (AvgIpc) is 2.87. The number of hydrogen-bond acceptors (Lipinski definition) is 6. The van der Waals surface area contributed by atoms with Crippen molar-refractivity contribution >= 4 is 15.8 Å². The lowest BCUT2D eigenvalue weighted by Gasteiger charge is -2.37. The summed E-state index contributed by atoms with van der Waals surface area (Å²) in [6.07, 6.45) is -1.48. The van der Waals surface area contributed by atoms with E-state index in [9.17, 15) is 18.3 Å². The molecule has 0 spiro atoms. The molecular formula is C20H29NO6S. The van der Waals surface area contributed by atoms with Gasteiger partial charge in [0.2, 0.25) is 10.0 Å². The van der Waals surface area contributed by atoms with Gasteiger partial charge in [-0.15, -0.1) is 0 Å². The lowest BCUT2D eigenvalue weighted by Crippen LogP contribution is -2.55. The Labute approximate surface area is 166 Å². The molecule has 1 unspecified atom stereocenters. The highest BCUT2D eigenvalue weighted by molar-refractivity contribution is 7.88. The normalized spacial score (nSPS) is 29.3. The fourth-order valence-corrected chi connectivity index (χ4v) is 5.60. The van der Waals surface area contributed by atoms with Crippen LogP contribution >= 0.6 is 0 Å². The van der Waals surface area contributed by atoms with E-state index in [4.69, 9.17) is 9.47 Å². The van der Waals surface area contributed by atoms with Crippen molar-refractivity contribution in [2.45, 2.75) is 76.4 Å². The maximum absolute atomic E-state index is 12.8. The van der Waals surface area contributed by atoms with Crippen LogP contribution in [0.25, 0.3) is 0 Å². The summed E-state index contributed by atoms with van der Waals surface area (Å²) in [5, 5.41) is 10.3. The van der Waals surface area contributed by atoms with Crippen LogP contribution in [0.5, 0.6) is 0 Å². The number of sulfonamides is 1. The minimum Gasteiger partial charge on any atom is -0.392 e. The van der Waals surface area contributed by atoms with Crippen LogP contribution in [-0.2, 0) is 30.0 Å². The van der Waals surface area contributed by atoms with Gasteiger partial charge in [-0.05, 0) is 33.3 Å². The van der Waals surface area contributed by atoms with Crippen molar-refractivity contribution in [1.82, 2.24) is 4.72 Å². The molecule has 8 heteroatoms. The summed E-state index contributed by atoms with van der Waals surface area (Å²) >= 11 is 0. The van der Waals surface area contributed by atoms with E-state index in [-0.39, 0.29) is 24.4 Å². The van der Waals surface area contributed by atoms with E-state index < -0.39 is 46.1 Å². The molecular weight excluding hydrogens is 382 g/mol. The first kappa shape index (κ1) is 21.4. The smallest absolute Gasteiger partial charge is 0.216 e. The third-order valence-corrected chi connectivity index (χ3v) is 6.65. The molecule has 1 saturated carbocycles. The number of ketones is 1. The summed E-state index contributed by atoms with van der Waals surface area (Å²) in [4.78, 5) is 12.2. The highest BCUT2D eigenvalue weighted by Gasteiger charge is 2.52. The molecule has 0 amide bonds. The predicted molar refractivity (Wildman–Crippen MR) is 104 cm³/mol. The number of nitrogens with one attached hydrogen (secondary N) is 1. The molecule has 2 N–H and O–H groups in total. The first-order valence-corrected chi connectivity index (χ1v) is 11.2. The van der Waals surface area contributed by atoms with Gasteiger partial charge < -0.3 is 14.6 Å². The van der Waals surface area contributed by atoms with Crippen LogP contribution in [0.3, 0.4) is 0 Å². The minimum absolute atomic E-state index is 0.0177. The third-order valence-electron chi connectivity index (χ3n) is 5.31. The van der Waals surface area contributed by atoms with Crippen LogP contribution in [-0.4, -0.2) is 49.4 Å². The summed E-state index contributed by atoms with van der Waals surface area (Å²) in [7, 11) is -3.73. The molecule has 0 radical (unpaired) electrons. The van der Waals surface area contributed by atoms with Gasteiger partial charge >= 0.3 is 0 Å². The number of aliphatic hydroxyl groups excluding tert-OH is 1. The molecule has 156 valence electrons. The van der Waals surface area contributed by atoms with E-state index in [0.717, 1.165) is 5.56 Å². The zero-order valence-corrected chi connectivity index (χ0v) is 17.5.